The number of rotatable bonds is 4. The number of benzene rings is 2. The molecule has 0 atom stereocenters. The lowest BCUT2D eigenvalue weighted by atomic mass is 10.1. The Kier molecular flexibility index (Phi) is 6.39. The number of aromatic nitrogens is 2. The number of ether oxygens (including phenoxy) is 1. The van der Waals surface area contributed by atoms with Gasteiger partial charge in [-0.15, -0.1) is 0 Å². The number of carbonyl (C=O) groups is 2. The molecule has 5 rings (SSSR count). The molecule has 2 heterocycles. The van der Waals surface area contributed by atoms with Gasteiger partial charge in [0, 0.05) is 43.5 Å². The van der Waals surface area contributed by atoms with Crippen LogP contribution < -0.4 is 15.8 Å². The smallest absolute Gasteiger partial charge is 0.410 e. The van der Waals surface area contributed by atoms with E-state index < -0.39 is 5.60 Å². The minimum absolute atomic E-state index is 0.127. The summed E-state index contributed by atoms with van der Waals surface area (Å²) < 4.78 is 7.00. The van der Waals surface area contributed by atoms with Gasteiger partial charge in [-0.05, 0) is 76.4 Å². The molecule has 9 heteroatoms. The molecular weight excluding hydrogens is 470 g/mol. The number of carbonyl (C=O) groups excluding carboxylic acids is 2. The van der Waals surface area contributed by atoms with Gasteiger partial charge in [-0.3, -0.25) is 14.2 Å². The predicted octanol–water partition coefficient (Wildman–Crippen LogP) is 3.64. The van der Waals surface area contributed by atoms with Crippen molar-refractivity contribution in [3.63, 3.8) is 0 Å². The Hall–Kier alpha value is -3.88. The van der Waals surface area contributed by atoms with Crippen LogP contribution in [0.3, 0.4) is 0 Å². The minimum atomic E-state index is -0.529. The molecule has 2 aliphatic rings. The third-order valence-corrected chi connectivity index (χ3v) is 6.68. The van der Waals surface area contributed by atoms with Crippen molar-refractivity contribution < 1.29 is 14.3 Å². The van der Waals surface area contributed by atoms with Crippen LogP contribution in [0.1, 0.15) is 49.5 Å². The van der Waals surface area contributed by atoms with Crippen LogP contribution in [0.4, 0.5) is 10.5 Å². The quantitative estimate of drug-likeness (QED) is 0.584. The van der Waals surface area contributed by atoms with Crippen LogP contribution in [0.5, 0.6) is 0 Å². The summed E-state index contributed by atoms with van der Waals surface area (Å²) in [6, 6.07) is 11.3. The van der Waals surface area contributed by atoms with Crippen LogP contribution in [0.15, 0.2) is 47.5 Å². The van der Waals surface area contributed by atoms with E-state index >= 15 is 0 Å². The van der Waals surface area contributed by atoms with E-state index in [0.29, 0.717) is 48.3 Å². The summed E-state index contributed by atoms with van der Waals surface area (Å²) in [4.78, 5) is 47.0. The molecule has 1 aliphatic carbocycles. The molecule has 1 aliphatic heterocycles. The number of amides is 2. The number of piperazine rings is 1. The van der Waals surface area contributed by atoms with Gasteiger partial charge in [-0.2, -0.15) is 0 Å². The van der Waals surface area contributed by atoms with Crippen molar-refractivity contribution >= 4 is 28.6 Å². The van der Waals surface area contributed by atoms with Crippen LogP contribution in [0.25, 0.3) is 16.6 Å². The average Bonchev–Trinajstić information content (AvgIpc) is 3.68. The fraction of sp³-hybridized carbons (Fsp3) is 0.429. The zero-order chi connectivity index (χ0) is 26.3. The van der Waals surface area contributed by atoms with Crippen molar-refractivity contribution in [3.05, 3.63) is 64.2 Å². The highest BCUT2D eigenvalue weighted by Gasteiger charge is 2.27. The van der Waals surface area contributed by atoms with Gasteiger partial charge in [0.15, 0.2) is 0 Å². The highest BCUT2D eigenvalue weighted by atomic mass is 16.6. The van der Waals surface area contributed by atoms with E-state index in [1.54, 1.807) is 17.0 Å². The van der Waals surface area contributed by atoms with Crippen LogP contribution >= 0.6 is 0 Å². The van der Waals surface area contributed by atoms with Crippen LogP contribution in [-0.2, 0) is 4.74 Å². The summed E-state index contributed by atoms with van der Waals surface area (Å²) in [5.41, 5.74) is 2.83. The summed E-state index contributed by atoms with van der Waals surface area (Å²) in [6.45, 7) is 9.84. The van der Waals surface area contributed by atoms with E-state index in [2.05, 4.69) is 15.2 Å². The van der Waals surface area contributed by atoms with Gasteiger partial charge in [0.25, 0.3) is 11.5 Å². The summed E-state index contributed by atoms with van der Waals surface area (Å²) >= 11 is 0. The van der Waals surface area contributed by atoms with Crippen molar-refractivity contribution in [1.82, 2.24) is 19.8 Å². The number of anilines is 1. The zero-order valence-corrected chi connectivity index (χ0v) is 21.8. The molecule has 1 aromatic heterocycles. The number of aryl methyl sites for hydroxylation is 1. The van der Waals surface area contributed by atoms with Crippen LogP contribution in [0, 0.1) is 6.92 Å². The average molecular weight is 504 g/mol. The first-order valence-corrected chi connectivity index (χ1v) is 12.8. The Bertz CT molecular complexity index is 1410. The van der Waals surface area contributed by atoms with E-state index in [9.17, 15) is 14.4 Å². The number of nitrogens with one attached hydrogen (secondary N) is 1. The lowest BCUT2D eigenvalue weighted by Gasteiger charge is -2.36. The first-order chi connectivity index (χ1) is 17.6. The molecule has 37 heavy (non-hydrogen) atoms. The third kappa shape index (κ3) is 5.45. The first-order valence-electron chi connectivity index (χ1n) is 12.8. The Balaban J connectivity index is 1.39. The fourth-order valence-electron chi connectivity index (χ4n) is 4.46. The standard InChI is InChI=1S/C28H33N5O4/c1-18-5-6-19(25(34)30-20-7-8-20)15-24(18)33-17-29-23-10-9-21(16-22(23)26(33)35)31-11-13-32(14-12-31)27(36)37-28(2,3)4/h5-6,9-10,15-17,20H,7-8,11-14H2,1-4H3,(H,30,34). The molecule has 0 spiro atoms. The zero-order valence-electron chi connectivity index (χ0n) is 21.8. The molecule has 0 unspecified atom stereocenters. The monoisotopic (exact) mass is 503 g/mol. The minimum Gasteiger partial charge on any atom is -0.444 e. The number of nitrogens with zero attached hydrogens (tertiary/aromatic N) is 4. The second-order valence-corrected chi connectivity index (χ2v) is 10.8. The van der Waals surface area contributed by atoms with E-state index in [1.165, 1.54) is 10.9 Å². The van der Waals surface area contributed by atoms with Gasteiger partial charge in [0.2, 0.25) is 0 Å². The molecule has 2 amide bonds. The molecule has 9 nitrogen and oxygen atoms in total. The predicted molar refractivity (Wildman–Crippen MR) is 143 cm³/mol. The third-order valence-electron chi connectivity index (χ3n) is 6.68. The van der Waals surface area contributed by atoms with Crippen molar-refractivity contribution in [1.29, 1.82) is 0 Å². The van der Waals surface area contributed by atoms with Crippen molar-refractivity contribution in [2.45, 2.75) is 52.2 Å². The fourth-order valence-corrected chi connectivity index (χ4v) is 4.46. The maximum atomic E-state index is 13.6. The molecule has 1 N–H and O–H groups in total. The van der Waals surface area contributed by atoms with Gasteiger partial charge < -0.3 is 19.9 Å². The van der Waals surface area contributed by atoms with E-state index in [1.807, 2.05) is 52.0 Å². The summed E-state index contributed by atoms with van der Waals surface area (Å²) in [7, 11) is 0. The van der Waals surface area contributed by atoms with Crippen molar-refractivity contribution in [2.24, 2.45) is 0 Å². The van der Waals surface area contributed by atoms with Gasteiger partial charge in [0.1, 0.15) is 11.9 Å². The Morgan fingerprint density at radius 3 is 2.43 bits per heavy atom. The Morgan fingerprint density at radius 2 is 1.76 bits per heavy atom. The van der Waals surface area contributed by atoms with Gasteiger partial charge >= 0.3 is 6.09 Å². The summed E-state index contributed by atoms with van der Waals surface area (Å²) in [5, 5.41) is 3.50. The summed E-state index contributed by atoms with van der Waals surface area (Å²) in [6.07, 6.45) is 3.24. The van der Waals surface area contributed by atoms with E-state index in [0.717, 1.165) is 24.1 Å². The largest absolute Gasteiger partial charge is 0.444 e. The first kappa shape index (κ1) is 24.8. The van der Waals surface area contributed by atoms with Gasteiger partial charge in [-0.25, -0.2) is 9.78 Å². The van der Waals surface area contributed by atoms with E-state index in [-0.39, 0.29) is 23.6 Å². The van der Waals surface area contributed by atoms with Gasteiger partial charge in [-0.1, -0.05) is 6.07 Å². The topological polar surface area (TPSA) is 96.8 Å². The molecular formula is C28H33N5O4. The highest BCUT2D eigenvalue weighted by Crippen LogP contribution is 2.23. The molecule has 0 bridgehead atoms. The molecule has 2 fully saturated rings. The van der Waals surface area contributed by atoms with Crippen molar-refractivity contribution in [2.75, 3.05) is 31.1 Å². The lowest BCUT2D eigenvalue weighted by Crippen LogP contribution is -2.50. The number of hydrogen-bond donors (Lipinski definition) is 1. The Morgan fingerprint density at radius 1 is 1.03 bits per heavy atom. The Labute approximate surface area is 216 Å². The normalized spacial score (nSPS) is 16.1. The summed E-state index contributed by atoms with van der Waals surface area (Å²) in [5.74, 6) is -0.127. The SMILES string of the molecule is Cc1ccc(C(=O)NC2CC2)cc1-n1cnc2ccc(N3CCN(C(=O)OC(C)(C)C)CC3)cc2c1=O. The molecule has 2 aromatic carbocycles. The second kappa shape index (κ2) is 9.53. The molecule has 1 saturated carbocycles. The molecule has 0 radical (unpaired) electrons. The van der Waals surface area contributed by atoms with E-state index in [4.69, 9.17) is 4.74 Å². The lowest BCUT2D eigenvalue weighted by molar-refractivity contribution is 0.0240. The maximum Gasteiger partial charge on any atom is 0.410 e. The molecule has 3 aromatic rings. The number of hydrogen-bond acceptors (Lipinski definition) is 6. The second-order valence-electron chi connectivity index (χ2n) is 10.8. The highest BCUT2D eigenvalue weighted by molar-refractivity contribution is 5.95. The molecule has 194 valence electrons. The van der Waals surface area contributed by atoms with Gasteiger partial charge in [0.05, 0.1) is 16.6 Å². The maximum absolute atomic E-state index is 13.6. The van der Waals surface area contributed by atoms with Crippen molar-refractivity contribution in [3.8, 4) is 5.69 Å². The van der Waals surface area contributed by atoms with Crippen LogP contribution in [-0.4, -0.2) is 64.3 Å². The van der Waals surface area contributed by atoms with Crippen LogP contribution in [0.2, 0.25) is 0 Å². The number of fused-ring (bicyclic) bond motifs is 1. The molecule has 1 saturated heterocycles.